The molecule has 1 aliphatic rings. The molecule has 2 N–H and O–H groups in total. The Balaban J connectivity index is 0.000000414. The fraction of sp³-hybridized carbons (Fsp3) is 0.320. The van der Waals surface area contributed by atoms with E-state index < -0.39 is 11.9 Å². The van der Waals surface area contributed by atoms with Crippen molar-refractivity contribution in [2.24, 2.45) is 0 Å². The Bertz CT molecular complexity index is 987. The van der Waals surface area contributed by atoms with E-state index in [1.807, 2.05) is 80.5 Å². The average molecular weight is 455 g/mol. The van der Waals surface area contributed by atoms with E-state index in [4.69, 9.17) is 14.9 Å². The van der Waals surface area contributed by atoms with Crippen LogP contribution in [-0.2, 0) is 14.4 Å². The van der Waals surface area contributed by atoms with Gasteiger partial charge in [0.25, 0.3) is 5.91 Å². The van der Waals surface area contributed by atoms with Crippen LogP contribution in [0.1, 0.15) is 30.4 Å². The highest BCUT2D eigenvalue weighted by atomic mass is 16.5. The van der Waals surface area contributed by atoms with Crippen LogP contribution in [0.4, 0.5) is 5.69 Å². The Morgan fingerprint density at radius 1 is 1.03 bits per heavy atom. The van der Waals surface area contributed by atoms with Gasteiger partial charge in [-0.2, -0.15) is 0 Å². The molecule has 1 amide bonds. The van der Waals surface area contributed by atoms with Gasteiger partial charge in [0.1, 0.15) is 0 Å². The standard InChI is InChI=1S/C21H24N2O2.C4H6O4/c1-16-10-11-19-18(14-16)23(13-7-12-22(2)3)21(24)20(25-19)15-17-8-5-4-6-9-17;5-3(6)1-2-4(7)8/h4-6,8-11,14-15H,7,12-13H2,1-3H3;1-2H2,(H,5,6)(H,7,8)/b20-15-;. The molecule has 8 heteroatoms. The molecule has 0 aliphatic carbocycles. The summed E-state index contributed by atoms with van der Waals surface area (Å²) in [5.41, 5.74) is 2.92. The first-order chi connectivity index (χ1) is 15.7. The zero-order chi connectivity index (χ0) is 24.4. The average Bonchev–Trinajstić information content (AvgIpc) is 2.76. The highest BCUT2D eigenvalue weighted by Crippen LogP contribution is 2.36. The molecule has 33 heavy (non-hydrogen) atoms. The molecule has 0 aromatic heterocycles. The molecule has 2 aromatic carbocycles. The van der Waals surface area contributed by atoms with Gasteiger partial charge in [-0.25, -0.2) is 0 Å². The number of aliphatic carboxylic acids is 2. The number of anilines is 1. The van der Waals surface area contributed by atoms with E-state index in [1.54, 1.807) is 0 Å². The van der Waals surface area contributed by atoms with E-state index in [0.29, 0.717) is 12.3 Å². The first kappa shape index (κ1) is 25.6. The van der Waals surface area contributed by atoms with Crippen LogP contribution >= 0.6 is 0 Å². The van der Waals surface area contributed by atoms with Gasteiger partial charge in [-0.05, 0) is 63.3 Å². The number of hydrogen-bond donors (Lipinski definition) is 2. The minimum atomic E-state index is -1.08. The molecule has 1 aliphatic heterocycles. The summed E-state index contributed by atoms with van der Waals surface area (Å²) in [7, 11) is 4.08. The van der Waals surface area contributed by atoms with Gasteiger partial charge in [0, 0.05) is 6.54 Å². The third-order valence-corrected chi connectivity index (χ3v) is 4.72. The van der Waals surface area contributed by atoms with Crippen LogP contribution in [-0.4, -0.2) is 60.1 Å². The number of carboxylic acids is 2. The van der Waals surface area contributed by atoms with Crippen molar-refractivity contribution in [3.8, 4) is 5.75 Å². The lowest BCUT2D eigenvalue weighted by Crippen LogP contribution is -2.39. The number of rotatable bonds is 8. The maximum atomic E-state index is 13.0. The van der Waals surface area contributed by atoms with Gasteiger partial charge >= 0.3 is 11.9 Å². The van der Waals surface area contributed by atoms with Crippen LogP contribution in [0.2, 0.25) is 0 Å². The molecule has 0 fully saturated rings. The molecular formula is C25H30N2O6. The van der Waals surface area contributed by atoms with E-state index in [2.05, 4.69) is 4.90 Å². The molecule has 0 radical (unpaired) electrons. The smallest absolute Gasteiger partial charge is 0.303 e. The van der Waals surface area contributed by atoms with Crippen LogP contribution in [0, 0.1) is 6.92 Å². The van der Waals surface area contributed by atoms with Crippen molar-refractivity contribution in [3.63, 3.8) is 0 Å². The number of carbonyl (C=O) groups is 3. The molecule has 0 unspecified atom stereocenters. The quantitative estimate of drug-likeness (QED) is 0.586. The molecule has 1 heterocycles. The number of hydrogen-bond acceptors (Lipinski definition) is 5. The SMILES string of the molecule is Cc1ccc2c(c1)N(CCCN(C)C)C(=O)/C(=C/c1ccccc1)O2.O=C(O)CCC(=O)O. The van der Waals surface area contributed by atoms with Crippen molar-refractivity contribution in [3.05, 3.63) is 65.4 Å². The first-order valence-electron chi connectivity index (χ1n) is 10.6. The van der Waals surface area contributed by atoms with Gasteiger partial charge in [-0.1, -0.05) is 36.4 Å². The molecule has 0 bridgehead atoms. The van der Waals surface area contributed by atoms with Crippen LogP contribution in [0.5, 0.6) is 5.75 Å². The summed E-state index contributed by atoms with van der Waals surface area (Å²) in [6.45, 7) is 3.63. The molecule has 0 saturated carbocycles. The van der Waals surface area contributed by atoms with Gasteiger partial charge in [0.2, 0.25) is 0 Å². The number of benzene rings is 2. The molecule has 0 saturated heterocycles. The predicted molar refractivity (Wildman–Crippen MR) is 126 cm³/mol. The maximum Gasteiger partial charge on any atom is 0.303 e. The monoisotopic (exact) mass is 454 g/mol. The summed E-state index contributed by atoms with van der Waals surface area (Å²) in [4.78, 5) is 36.2. The van der Waals surface area contributed by atoms with Gasteiger partial charge < -0.3 is 24.7 Å². The summed E-state index contributed by atoms with van der Waals surface area (Å²) in [6, 6.07) is 15.7. The molecule has 0 atom stereocenters. The highest BCUT2D eigenvalue weighted by molar-refractivity contribution is 6.09. The number of amides is 1. The topological polar surface area (TPSA) is 107 Å². The molecule has 8 nitrogen and oxygen atoms in total. The van der Waals surface area contributed by atoms with Crippen LogP contribution < -0.4 is 9.64 Å². The molecule has 176 valence electrons. The van der Waals surface area contributed by atoms with E-state index in [1.165, 1.54) is 0 Å². The minimum Gasteiger partial charge on any atom is -0.481 e. The Morgan fingerprint density at radius 3 is 2.24 bits per heavy atom. The lowest BCUT2D eigenvalue weighted by atomic mass is 10.1. The zero-order valence-electron chi connectivity index (χ0n) is 19.2. The Morgan fingerprint density at radius 2 is 1.67 bits per heavy atom. The molecule has 3 rings (SSSR count). The summed E-state index contributed by atoms with van der Waals surface area (Å²) in [5.74, 6) is -1.13. The third kappa shape index (κ3) is 8.42. The van der Waals surface area contributed by atoms with Crippen LogP contribution in [0.15, 0.2) is 54.3 Å². The summed E-state index contributed by atoms with van der Waals surface area (Å²) in [6.07, 6.45) is 2.12. The third-order valence-electron chi connectivity index (χ3n) is 4.72. The largest absolute Gasteiger partial charge is 0.481 e. The normalized spacial score (nSPS) is 13.8. The fourth-order valence-electron chi connectivity index (χ4n) is 3.10. The van der Waals surface area contributed by atoms with E-state index in [9.17, 15) is 14.4 Å². The van der Waals surface area contributed by atoms with Gasteiger partial charge in [-0.3, -0.25) is 14.4 Å². The van der Waals surface area contributed by atoms with Gasteiger partial charge in [0.15, 0.2) is 11.5 Å². The zero-order valence-corrected chi connectivity index (χ0v) is 19.2. The Hall–Kier alpha value is -3.65. The number of carbonyl (C=O) groups excluding carboxylic acids is 1. The van der Waals surface area contributed by atoms with Crippen molar-refractivity contribution >= 4 is 29.6 Å². The first-order valence-corrected chi connectivity index (χ1v) is 10.6. The second kappa shape index (κ2) is 12.4. The number of ether oxygens (including phenoxy) is 1. The van der Waals surface area contributed by atoms with Crippen molar-refractivity contribution in [1.82, 2.24) is 4.90 Å². The number of carboxylic acid groups (broad SMARTS) is 2. The molecule has 2 aromatic rings. The van der Waals surface area contributed by atoms with Crippen molar-refractivity contribution in [2.45, 2.75) is 26.2 Å². The van der Waals surface area contributed by atoms with Gasteiger partial charge in [-0.15, -0.1) is 0 Å². The fourth-order valence-corrected chi connectivity index (χ4v) is 3.10. The second-order valence-electron chi connectivity index (χ2n) is 7.89. The van der Waals surface area contributed by atoms with Crippen molar-refractivity contribution in [2.75, 3.05) is 32.1 Å². The Kier molecular flexibility index (Phi) is 9.62. The van der Waals surface area contributed by atoms with E-state index in [0.717, 1.165) is 35.5 Å². The summed E-state index contributed by atoms with van der Waals surface area (Å²) >= 11 is 0. The summed E-state index contributed by atoms with van der Waals surface area (Å²) < 4.78 is 5.92. The van der Waals surface area contributed by atoms with E-state index in [-0.39, 0.29) is 18.7 Å². The van der Waals surface area contributed by atoms with Crippen molar-refractivity contribution in [1.29, 1.82) is 0 Å². The highest BCUT2D eigenvalue weighted by Gasteiger charge is 2.30. The number of aryl methyl sites for hydroxylation is 1. The second-order valence-corrected chi connectivity index (χ2v) is 7.89. The summed E-state index contributed by atoms with van der Waals surface area (Å²) in [5, 5.41) is 15.8. The van der Waals surface area contributed by atoms with Crippen LogP contribution in [0.25, 0.3) is 6.08 Å². The molecule has 0 spiro atoms. The lowest BCUT2D eigenvalue weighted by Gasteiger charge is -2.31. The van der Waals surface area contributed by atoms with E-state index >= 15 is 0 Å². The van der Waals surface area contributed by atoms with Gasteiger partial charge in [0.05, 0.1) is 18.5 Å². The number of nitrogens with zero attached hydrogens (tertiary/aromatic N) is 2. The predicted octanol–water partition coefficient (Wildman–Crippen LogP) is 3.65. The maximum absolute atomic E-state index is 13.0. The van der Waals surface area contributed by atoms with Crippen LogP contribution in [0.3, 0.4) is 0 Å². The van der Waals surface area contributed by atoms with Crippen molar-refractivity contribution < 1.29 is 29.3 Å². The Labute approximate surface area is 193 Å². The number of fused-ring (bicyclic) bond motifs is 1. The lowest BCUT2D eigenvalue weighted by molar-refractivity contribution is -0.143. The minimum absolute atomic E-state index is 0.0827. The molecular weight excluding hydrogens is 424 g/mol.